The number of likely N-dealkylation sites (tertiary alicyclic amines) is 1. The predicted molar refractivity (Wildman–Crippen MR) is 98.9 cm³/mol. The summed E-state index contributed by atoms with van der Waals surface area (Å²) < 4.78 is 3.88. The fraction of sp³-hybridized carbons (Fsp3) is 0.250. The first-order valence-electron chi connectivity index (χ1n) is 8.88. The molecule has 6 heteroatoms. The molecule has 130 valence electrons. The average molecular weight is 345 g/mol. The zero-order chi connectivity index (χ0) is 17.7. The van der Waals surface area contributed by atoms with Crippen LogP contribution in [-0.2, 0) is 7.05 Å². The molecule has 5 rings (SSSR count). The SMILES string of the molecule is Cn1c(C2CCCN2C(=O)c2ccn3nccc3c2)nc2ccccc21. The Morgan fingerprint density at radius 3 is 2.96 bits per heavy atom. The van der Waals surface area contributed by atoms with E-state index in [1.807, 2.05) is 54.5 Å². The molecule has 0 spiro atoms. The summed E-state index contributed by atoms with van der Waals surface area (Å²) in [6.07, 6.45) is 5.51. The Morgan fingerprint density at radius 2 is 2.08 bits per heavy atom. The summed E-state index contributed by atoms with van der Waals surface area (Å²) in [4.78, 5) is 20.0. The molecular weight excluding hydrogens is 326 g/mol. The lowest BCUT2D eigenvalue weighted by atomic mass is 10.1. The van der Waals surface area contributed by atoms with Crippen molar-refractivity contribution in [3.63, 3.8) is 0 Å². The second-order valence-electron chi connectivity index (χ2n) is 6.79. The van der Waals surface area contributed by atoms with Crippen molar-refractivity contribution >= 4 is 22.5 Å². The molecule has 1 saturated heterocycles. The molecule has 1 unspecified atom stereocenters. The van der Waals surface area contributed by atoms with Gasteiger partial charge in [-0.2, -0.15) is 5.10 Å². The third-order valence-electron chi connectivity index (χ3n) is 5.28. The minimum atomic E-state index is 0.0148. The monoisotopic (exact) mass is 345 g/mol. The fourth-order valence-electron chi connectivity index (χ4n) is 3.96. The summed E-state index contributed by atoms with van der Waals surface area (Å²) in [5, 5.41) is 4.19. The zero-order valence-corrected chi connectivity index (χ0v) is 14.5. The third-order valence-corrected chi connectivity index (χ3v) is 5.28. The van der Waals surface area contributed by atoms with Gasteiger partial charge < -0.3 is 9.47 Å². The number of fused-ring (bicyclic) bond motifs is 2. The van der Waals surface area contributed by atoms with Crippen LogP contribution in [0.1, 0.15) is 35.1 Å². The van der Waals surface area contributed by atoms with E-state index in [0.717, 1.165) is 41.8 Å². The van der Waals surface area contributed by atoms with Gasteiger partial charge in [0.1, 0.15) is 5.82 Å². The van der Waals surface area contributed by atoms with Crippen molar-refractivity contribution in [2.45, 2.75) is 18.9 Å². The van der Waals surface area contributed by atoms with Crippen LogP contribution in [0.25, 0.3) is 16.6 Å². The van der Waals surface area contributed by atoms with E-state index in [2.05, 4.69) is 15.7 Å². The van der Waals surface area contributed by atoms with Crippen molar-refractivity contribution in [3.05, 3.63) is 66.2 Å². The highest BCUT2D eigenvalue weighted by atomic mass is 16.2. The van der Waals surface area contributed by atoms with Crippen molar-refractivity contribution in [1.29, 1.82) is 0 Å². The largest absolute Gasteiger partial charge is 0.329 e. The molecule has 1 fully saturated rings. The number of rotatable bonds is 2. The molecule has 0 saturated carbocycles. The summed E-state index contributed by atoms with van der Waals surface area (Å²) in [5.41, 5.74) is 3.70. The number of aryl methyl sites for hydroxylation is 1. The van der Waals surface area contributed by atoms with Gasteiger partial charge in [0.05, 0.1) is 22.6 Å². The van der Waals surface area contributed by atoms with Crippen LogP contribution < -0.4 is 0 Å². The van der Waals surface area contributed by atoms with Crippen LogP contribution in [0.4, 0.5) is 0 Å². The number of pyridine rings is 1. The van der Waals surface area contributed by atoms with Crippen LogP contribution in [-0.4, -0.2) is 36.5 Å². The van der Waals surface area contributed by atoms with Crippen LogP contribution in [0.2, 0.25) is 0 Å². The number of amides is 1. The van der Waals surface area contributed by atoms with Gasteiger partial charge in [0.15, 0.2) is 0 Å². The normalized spacial score (nSPS) is 17.4. The number of nitrogens with zero attached hydrogens (tertiary/aromatic N) is 5. The fourth-order valence-corrected chi connectivity index (χ4v) is 3.96. The number of hydrogen-bond acceptors (Lipinski definition) is 3. The second kappa shape index (κ2) is 5.69. The van der Waals surface area contributed by atoms with E-state index in [4.69, 9.17) is 4.98 Å². The highest BCUT2D eigenvalue weighted by Crippen LogP contribution is 2.34. The number of carbonyl (C=O) groups is 1. The first kappa shape index (κ1) is 15.1. The van der Waals surface area contributed by atoms with Gasteiger partial charge in [0, 0.05) is 31.5 Å². The Kier molecular flexibility index (Phi) is 3.31. The maximum absolute atomic E-state index is 13.2. The molecule has 0 radical (unpaired) electrons. The first-order valence-corrected chi connectivity index (χ1v) is 8.88. The number of carbonyl (C=O) groups excluding carboxylic acids is 1. The van der Waals surface area contributed by atoms with Gasteiger partial charge in [0.25, 0.3) is 5.91 Å². The molecule has 26 heavy (non-hydrogen) atoms. The molecule has 1 aromatic carbocycles. The quantitative estimate of drug-likeness (QED) is 0.561. The van der Waals surface area contributed by atoms with E-state index in [0.29, 0.717) is 5.56 Å². The highest BCUT2D eigenvalue weighted by Gasteiger charge is 2.33. The number of benzene rings is 1. The van der Waals surface area contributed by atoms with Crippen molar-refractivity contribution < 1.29 is 4.79 Å². The second-order valence-corrected chi connectivity index (χ2v) is 6.79. The molecule has 1 aliphatic heterocycles. The molecule has 6 nitrogen and oxygen atoms in total. The minimum Gasteiger partial charge on any atom is -0.329 e. The highest BCUT2D eigenvalue weighted by molar-refractivity contribution is 5.95. The Bertz CT molecular complexity index is 1130. The van der Waals surface area contributed by atoms with E-state index in [1.54, 1.807) is 10.7 Å². The van der Waals surface area contributed by atoms with E-state index < -0.39 is 0 Å². The summed E-state index contributed by atoms with van der Waals surface area (Å²) in [7, 11) is 2.03. The lowest BCUT2D eigenvalue weighted by molar-refractivity contribution is 0.0728. The van der Waals surface area contributed by atoms with Crippen molar-refractivity contribution in [1.82, 2.24) is 24.1 Å². The standard InChI is InChI=1S/C20H19N5O/c1-23-17-6-3-2-5-16(17)22-19(23)18-7-4-11-24(18)20(26)14-9-12-25-15(13-14)8-10-21-25/h2-3,5-6,8-10,12-13,18H,4,7,11H2,1H3. The summed E-state index contributed by atoms with van der Waals surface area (Å²) in [6.45, 7) is 0.761. The summed E-state index contributed by atoms with van der Waals surface area (Å²) >= 11 is 0. The number of aromatic nitrogens is 4. The Balaban J connectivity index is 1.53. The molecule has 1 aliphatic rings. The van der Waals surface area contributed by atoms with E-state index >= 15 is 0 Å². The lowest BCUT2D eigenvalue weighted by Crippen LogP contribution is -2.31. The molecule has 4 aromatic rings. The molecule has 0 N–H and O–H groups in total. The van der Waals surface area contributed by atoms with Gasteiger partial charge in [-0.05, 0) is 43.2 Å². The molecule has 1 atom stereocenters. The molecule has 4 heterocycles. The van der Waals surface area contributed by atoms with Gasteiger partial charge in [-0.1, -0.05) is 12.1 Å². The minimum absolute atomic E-state index is 0.0148. The van der Waals surface area contributed by atoms with Gasteiger partial charge in [-0.3, -0.25) is 4.79 Å². The molecule has 3 aromatic heterocycles. The van der Waals surface area contributed by atoms with Crippen molar-refractivity contribution in [2.75, 3.05) is 6.54 Å². The average Bonchev–Trinajstić information content (AvgIpc) is 3.39. The molecular formula is C20H19N5O. The van der Waals surface area contributed by atoms with Crippen molar-refractivity contribution in [2.24, 2.45) is 7.05 Å². The smallest absolute Gasteiger partial charge is 0.254 e. The third kappa shape index (κ3) is 2.22. The van der Waals surface area contributed by atoms with Crippen LogP contribution in [0, 0.1) is 0 Å². The zero-order valence-electron chi connectivity index (χ0n) is 14.5. The Hall–Kier alpha value is -3.15. The van der Waals surface area contributed by atoms with Crippen LogP contribution in [0.15, 0.2) is 54.9 Å². The van der Waals surface area contributed by atoms with E-state index in [1.165, 1.54) is 0 Å². The number of hydrogen-bond donors (Lipinski definition) is 0. The first-order chi connectivity index (χ1) is 12.7. The van der Waals surface area contributed by atoms with Crippen LogP contribution >= 0.6 is 0 Å². The topological polar surface area (TPSA) is 55.4 Å². The molecule has 1 amide bonds. The van der Waals surface area contributed by atoms with Gasteiger partial charge >= 0.3 is 0 Å². The van der Waals surface area contributed by atoms with E-state index in [-0.39, 0.29) is 11.9 Å². The van der Waals surface area contributed by atoms with Crippen molar-refractivity contribution in [3.8, 4) is 0 Å². The van der Waals surface area contributed by atoms with Gasteiger partial charge in [-0.15, -0.1) is 0 Å². The summed E-state index contributed by atoms with van der Waals surface area (Å²) in [5.74, 6) is 1.02. The number of para-hydroxylation sites is 2. The molecule has 0 bridgehead atoms. The van der Waals surface area contributed by atoms with Gasteiger partial charge in [-0.25, -0.2) is 9.50 Å². The Morgan fingerprint density at radius 1 is 1.19 bits per heavy atom. The summed E-state index contributed by atoms with van der Waals surface area (Å²) in [6, 6.07) is 13.8. The van der Waals surface area contributed by atoms with Gasteiger partial charge in [0.2, 0.25) is 0 Å². The van der Waals surface area contributed by atoms with Crippen LogP contribution in [0.3, 0.4) is 0 Å². The van der Waals surface area contributed by atoms with Crippen LogP contribution in [0.5, 0.6) is 0 Å². The molecule has 0 aliphatic carbocycles. The maximum Gasteiger partial charge on any atom is 0.254 e. The lowest BCUT2D eigenvalue weighted by Gasteiger charge is -2.24. The number of imidazole rings is 1. The van der Waals surface area contributed by atoms with E-state index in [9.17, 15) is 4.79 Å². The Labute approximate surface area is 150 Å². The maximum atomic E-state index is 13.2. The predicted octanol–water partition coefficient (Wildman–Crippen LogP) is 3.20.